The molecule has 1 aromatic rings. The SMILES string of the molecule is CC(NC1CCC(C)C1C)c1ccco1. The van der Waals surface area contributed by atoms with Crippen LogP contribution in [0, 0.1) is 11.8 Å². The highest BCUT2D eigenvalue weighted by molar-refractivity contribution is 5.04. The van der Waals surface area contributed by atoms with Gasteiger partial charge in [-0.05, 0) is 43.7 Å². The Balaban J connectivity index is 1.92. The van der Waals surface area contributed by atoms with E-state index in [1.54, 1.807) is 6.26 Å². The van der Waals surface area contributed by atoms with Gasteiger partial charge in [0.15, 0.2) is 0 Å². The molecule has 4 atom stereocenters. The first-order chi connectivity index (χ1) is 7.18. The van der Waals surface area contributed by atoms with Crippen molar-refractivity contribution in [2.75, 3.05) is 0 Å². The Bertz CT molecular complexity index is 293. The van der Waals surface area contributed by atoms with Crippen LogP contribution in [0.4, 0.5) is 0 Å². The third-order valence-electron chi connectivity index (χ3n) is 3.90. The van der Waals surface area contributed by atoms with E-state index in [-0.39, 0.29) is 0 Å². The number of rotatable bonds is 3. The Hall–Kier alpha value is -0.760. The van der Waals surface area contributed by atoms with E-state index in [9.17, 15) is 0 Å². The summed E-state index contributed by atoms with van der Waals surface area (Å²) in [5.74, 6) is 2.68. The molecule has 1 heterocycles. The smallest absolute Gasteiger partial charge is 0.120 e. The number of nitrogens with one attached hydrogen (secondary N) is 1. The van der Waals surface area contributed by atoms with Crippen LogP contribution in [-0.4, -0.2) is 6.04 Å². The van der Waals surface area contributed by atoms with Crippen LogP contribution in [0.5, 0.6) is 0 Å². The van der Waals surface area contributed by atoms with Crippen LogP contribution in [-0.2, 0) is 0 Å². The van der Waals surface area contributed by atoms with Gasteiger partial charge < -0.3 is 9.73 Å². The van der Waals surface area contributed by atoms with Gasteiger partial charge in [0, 0.05) is 6.04 Å². The van der Waals surface area contributed by atoms with E-state index in [1.165, 1.54) is 12.8 Å². The van der Waals surface area contributed by atoms with Crippen molar-refractivity contribution in [2.24, 2.45) is 11.8 Å². The predicted molar refractivity (Wildman–Crippen MR) is 61.6 cm³/mol. The molecule has 0 spiro atoms. The van der Waals surface area contributed by atoms with Gasteiger partial charge in [0.25, 0.3) is 0 Å². The van der Waals surface area contributed by atoms with Crippen LogP contribution in [0.2, 0.25) is 0 Å². The lowest BCUT2D eigenvalue weighted by Crippen LogP contribution is -2.34. The van der Waals surface area contributed by atoms with Gasteiger partial charge in [0.05, 0.1) is 12.3 Å². The van der Waals surface area contributed by atoms with Crippen molar-refractivity contribution in [1.29, 1.82) is 0 Å². The maximum Gasteiger partial charge on any atom is 0.120 e. The highest BCUT2D eigenvalue weighted by atomic mass is 16.3. The summed E-state index contributed by atoms with van der Waals surface area (Å²) >= 11 is 0. The van der Waals surface area contributed by atoms with Crippen LogP contribution in [0.1, 0.15) is 45.4 Å². The summed E-state index contributed by atoms with van der Waals surface area (Å²) in [5, 5.41) is 3.67. The molecule has 4 unspecified atom stereocenters. The molecule has 0 saturated heterocycles. The number of hydrogen-bond donors (Lipinski definition) is 1. The molecular weight excluding hydrogens is 186 g/mol. The Labute approximate surface area is 92.1 Å². The normalized spacial score (nSPS) is 33.1. The molecule has 1 saturated carbocycles. The summed E-state index contributed by atoms with van der Waals surface area (Å²) < 4.78 is 5.41. The van der Waals surface area contributed by atoms with Crippen molar-refractivity contribution in [3.05, 3.63) is 24.2 Å². The minimum atomic E-state index is 0.331. The molecule has 2 heteroatoms. The van der Waals surface area contributed by atoms with Crippen LogP contribution < -0.4 is 5.32 Å². The zero-order valence-electron chi connectivity index (χ0n) is 9.86. The first-order valence-corrected chi connectivity index (χ1v) is 5.98. The second-order valence-electron chi connectivity index (χ2n) is 4.92. The molecule has 0 aliphatic heterocycles. The predicted octanol–water partition coefficient (Wildman–Crippen LogP) is 3.36. The van der Waals surface area contributed by atoms with Crippen molar-refractivity contribution >= 4 is 0 Å². The third-order valence-corrected chi connectivity index (χ3v) is 3.90. The van der Waals surface area contributed by atoms with E-state index in [0.29, 0.717) is 12.1 Å². The molecule has 1 aliphatic rings. The fourth-order valence-electron chi connectivity index (χ4n) is 2.54. The van der Waals surface area contributed by atoms with Crippen molar-refractivity contribution in [3.8, 4) is 0 Å². The summed E-state index contributed by atoms with van der Waals surface area (Å²) in [6.07, 6.45) is 4.39. The zero-order valence-corrected chi connectivity index (χ0v) is 9.86. The summed E-state index contributed by atoms with van der Waals surface area (Å²) in [4.78, 5) is 0. The fraction of sp³-hybridized carbons (Fsp3) is 0.692. The Morgan fingerprint density at radius 2 is 2.20 bits per heavy atom. The maximum atomic E-state index is 5.41. The monoisotopic (exact) mass is 207 g/mol. The highest BCUT2D eigenvalue weighted by Gasteiger charge is 2.30. The van der Waals surface area contributed by atoms with Gasteiger partial charge in [0.2, 0.25) is 0 Å². The molecular formula is C13H21NO. The Morgan fingerprint density at radius 3 is 2.73 bits per heavy atom. The van der Waals surface area contributed by atoms with E-state index in [0.717, 1.165) is 17.6 Å². The van der Waals surface area contributed by atoms with Crippen molar-refractivity contribution < 1.29 is 4.42 Å². The maximum absolute atomic E-state index is 5.41. The average Bonchev–Trinajstić information content (AvgIpc) is 2.83. The molecule has 1 aliphatic carbocycles. The Kier molecular flexibility index (Phi) is 3.15. The second kappa shape index (κ2) is 4.40. The fourth-order valence-corrected chi connectivity index (χ4v) is 2.54. The molecule has 0 radical (unpaired) electrons. The van der Waals surface area contributed by atoms with Gasteiger partial charge in [-0.3, -0.25) is 0 Å². The first-order valence-electron chi connectivity index (χ1n) is 5.98. The molecule has 1 N–H and O–H groups in total. The van der Waals surface area contributed by atoms with Crippen LogP contribution in [0.25, 0.3) is 0 Å². The van der Waals surface area contributed by atoms with E-state index in [2.05, 4.69) is 26.1 Å². The molecule has 1 fully saturated rings. The summed E-state index contributed by atoms with van der Waals surface area (Å²) in [7, 11) is 0. The summed E-state index contributed by atoms with van der Waals surface area (Å²) in [5.41, 5.74) is 0. The number of hydrogen-bond acceptors (Lipinski definition) is 2. The van der Waals surface area contributed by atoms with Gasteiger partial charge in [-0.15, -0.1) is 0 Å². The van der Waals surface area contributed by atoms with Gasteiger partial charge in [0.1, 0.15) is 5.76 Å². The second-order valence-corrected chi connectivity index (χ2v) is 4.92. The third kappa shape index (κ3) is 2.25. The van der Waals surface area contributed by atoms with Gasteiger partial charge >= 0.3 is 0 Å². The van der Waals surface area contributed by atoms with Crippen LogP contribution in [0.15, 0.2) is 22.8 Å². The highest BCUT2D eigenvalue weighted by Crippen LogP contribution is 2.32. The quantitative estimate of drug-likeness (QED) is 0.822. The van der Waals surface area contributed by atoms with Gasteiger partial charge in [-0.2, -0.15) is 0 Å². The van der Waals surface area contributed by atoms with E-state index < -0.39 is 0 Å². The lowest BCUT2D eigenvalue weighted by molar-refractivity contribution is 0.325. The number of furan rings is 1. The van der Waals surface area contributed by atoms with E-state index in [4.69, 9.17) is 4.42 Å². The van der Waals surface area contributed by atoms with Crippen molar-refractivity contribution in [2.45, 2.75) is 45.7 Å². The lowest BCUT2D eigenvalue weighted by atomic mass is 9.97. The largest absolute Gasteiger partial charge is 0.468 e. The molecule has 2 rings (SSSR count). The van der Waals surface area contributed by atoms with Crippen molar-refractivity contribution in [1.82, 2.24) is 5.32 Å². The molecule has 1 aromatic heterocycles. The molecule has 15 heavy (non-hydrogen) atoms. The minimum absolute atomic E-state index is 0.331. The molecule has 0 amide bonds. The van der Waals surface area contributed by atoms with E-state index >= 15 is 0 Å². The molecule has 0 bridgehead atoms. The van der Waals surface area contributed by atoms with Crippen LogP contribution >= 0.6 is 0 Å². The topological polar surface area (TPSA) is 25.2 Å². The van der Waals surface area contributed by atoms with Crippen LogP contribution in [0.3, 0.4) is 0 Å². The van der Waals surface area contributed by atoms with Gasteiger partial charge in [-0.1, -0.05) is 13.8 Å². The standard InChI is InChI=1S/C13H21NO/c1-9-6-7-12(10(9)2)14-11(3)13-5-4-8-15-13/h4-5,8-12,14H,6-7H2,1-3H3. The lowest BCUT2D eigenvalue weighted by Gasteiger charge is -2.23. The average molecular weight is 207 g/mol. The van der Waals surface area contributed by atoms with E-state index in [1.807, 2.05) is 12.1 Å². The summed E-state index contributed by atoms with van der Waals surface area (Å²) in [6, 6.07) is 4.98. The summed E-state index contributed by atoms with van der Waals surface area (Å²) in [6.45, 7) is 6.88. The zero-order chi connectivity index (χ0) is 10.8. The van der Waals surface area contributed by atoms with Crippen molar-refractivity contribution in [3.63, 3.8) is 0 Å². The Morgan fingerprint density at radius 1 is 1.40 bits per heavy atom. The molecule has 2 nitrogen and oxygen atoms in total. The molecule has 84 valence electrons. The molecule has 0 aromatic carbocycles. The minimum Gasteiger partial charge on any atom is -0.468 e. The van der Waals surface area contributed by atoms with Gasteiger partial charge in [-0.25, -0.2) is 0 Å². The first kappa shape index (κ1) is 10.7.